The number of hydrogen-bond donors (Lipinski definition) is 0. The minimum atomic E-state index is 0.228. The molecule has 31 heavy (non-hydrogen) atoms. The molecule has 0 fully saturated rings. The average Bonchev–Trinajstić information content (AvgIpc) is 3.15. The van der Waals surface area contributed by atoms with Gasteiger partial charge in [-0.05, 0) is 41.2 Å². The Morgan fingerprint density at radius 2 is 1.55 bits per heavy atom. The maximum atomic E-state index is 6.41. The van der Waals surface area contributed by atoms with E-state index in [0.717, 1.165) is 49.7 Å². The third-order valence-corrected chi connectivity index (χ3v) is 6.85. The molecule has 0 unspecified atom stereocenters. The van der Waals surface area contributed by atoms with E-state index in [1.165, 1.54) is 22.3 Å². The van der Waals surface area contributed by atoms with Crippen molar-refractivity contribution < 1.29 is 0 Å². The van der Waals surface area contributed by atoms with Gasteiger partial charge in [0.25, 0.3) is 0 Å². The van der Waals surface area contributed by atoms with Crippen LogP contribution in [0.15, 0.2) is 67.0 Å². The molecule has 6 rings (SSSR count). The number of halogens is 1. The van der Waals surface area contributed by atoms with Crippen LogP contribution in [0.5, 0.6) is 0 Å². The van der Waals surface area contributed by atoms with Crippen molar-refractivity contribution >= 4 is 11.6 Å². The highest BCUT2D eigenvalue weighted by atomic mass is 35.5. The highest BCUT2D eigenvalue weighted by Crippen LogP contribution is 2.38. The zero-order chi connectivity index (χ0) is 20.8. The molecule has 2 aromatic carbocycles. The highest BCUT2D eigenvalue weighted by molar-refractivity contribution is 6.33. The normalized spacial score (nSPS) is 16.3. The topological polar surface area (TPSA) is 46.8 Å². The van der Waals surface area contributed by atoms with Crippen LogP contribution in [0.2, 0.25) is 5.02 Å². The van der Waals surface area contributed by atoms with Crippen molar-refractivity contribution in [3.8, 4) is 11.4 Å². The van der Waals surface area contributed by atoms with Gasteiger partial charge in [-0.2, -0.15) is 0 Å². The standard InChI is InChI=1S/C25H22ClN5/c26-22-11-12-27-15-21(22)25-29-28-23-16-30(13-14-31(23)25)24-19-7-3-1-5-17(19)9-10-18-6-2-4-8-20(18)24/h1-8,11-12,15,24H,9-10,13-14,16H2. The molecule has 0 amide bonds. The molecule has 0 spiro atoms. The van der Waals surface area contributed by atoms with Crippen molar-refractivity contribution in [2.75, 3.05) is 6.54 Å². The van der Waals surface area contributed by atoms with Gasteiger partial charge in [0.15, 0.2) is 5.82 Å². The first-order valence-corrected chi connectivity index (χ1v) is 11.1. The number of aryl methyl sites for hydroxylation is 2. The van der Waals surface area contributed by atoms with Gasteiger partial charge in [0.05, 0.1) is 23.2 Å². The molecule has 0 radical (unpaired) electrons. The van der Waals surface area contributed by atoms with E-state index in [9.17, 15) is 0 Å². The van der Waals surface area contributed by atoms with Crippen molar-refractivity contribution in [3.05, 3.63) is 100 Å². The molecule has 3 heterocycles. The fourth-order valence-electron chi connectivity index (χ4n) is 5.03. The number of hydrogen-bond acceptors (Lipinski definition) is 4. The van der Waals surface area contributed by atoms with Gasteiger partial charge in [0, 0.05) is 25.5 Å². The van der Waals surface area contributed by atoms with Gasteiger partial charge >= 0.3 is 0 Å². The van der Waals surface area contributed by atoms with Crippen LogP contribution in [0.25, 0.3) is 11.4 Å². The summed E-state index contributed by atoms with van der Waals surface area (Å²) in [5, 5.41) is 9.67. The maximum Gasteiger partial charge on any atom is 0.167 e. The molecule has 6 heteroatoms. The number of nitrogens with zero attached hydrogens (tertiary/aromatic N) is 5. The SMILES string of the molecule is Clc1ccncc1-c1nnc2n1CCN(C1c3ccccc3CCc3ccccc31)C2. The second-order valence-electron chi connectivity index (χ2n) is 8.22. The predicted octanol–water partition coefficient (Wildman–Crippen LogP) is 4.70. The van der Waals surface area contributed by atoms with Crippen LogP contribution in [0.1, 0.15) is 34.1 Å². The lowest BCUT2D eigenvalue weighted by atomic mass is 9.93. The fraction of sp³-hybridized carbons (Fsp3) is 0.240. The van der Waals surface area contributed by atoms with Crippen molar-refractivity contribution in [1.82, 2.24) is 24.6 Å². The minimum absolute atomic E-state index is 0.228. The van der Waals surface area contributed by atoms with Crippen LogP contribution >= 0.6 is 11.6 Å². The van der Waals surface area contributed by atoms with Gasteiger partial charge < -0.3 is 4.57 Å². The Morgan fingerprint density at radius 3 is 2.26 bits per heavy atom. The number of pyridine rings is 1. The monoisotopic (exact) mass is 427 g/mol. The Labute approximate surface area is 186 Å². The third-order valence-electron chi connectivity index (χ3n) is 6.52. The van der Waals surface area contributed by atoms with Gasteiger partial charge in [-0.15, -0.1) is 10.2 Å². The number of benzene rings is 2. The summed E-state index contributed by atoms with van der Waals surface area (Å²) in [6, 6.07) is 19.8. The number of aromatic nitrogens is 4. The first kappa shape index (κ1) is 18.7. The summed E-state index contributed by atoms with van der Waals surface area (Å²) >= 11 is 6.41. The quantitative estimate of drug-likeness (QED) is 0.465. The van der Waals surface area contributed by atoms with Crippen LogP contribution < -0.4 is 0 Å². The summed E-state index contributed by atoms with van der Waals surface area (Å²) in [5.74, 6) is 1.77. The molecule has 2 aliphatic rings. The van der Waals surface area contributed by atoms with E-state index in [1.807, 2.05) is 0 Å². The Bertz CT molecular complexity index is 1220. The van der Waals surface area contributed by atoms with Gasteiger partial charge in [0.1, 0.15) is 5.82 Å². The molecular weight excluding hydrogens is 406 g/mol. The van der Waals surface area contributed by atoms with E-state index < -0.39 is 0 Å². The van der Waals surface area contributed by atoms with Crippen molar-refractivity contribution in [2.45, 2.75) is 32.0 Å². The molecular formula is C25H22ClN5. The summed E-state index contributed by atoms with van der Waals surface area (Å²) in [7, 11) is 0. The lowest BCUT2D eigenvalue weighted by Gasteiger charge is -2.36. The van der Waals surface area contributed by atoms with E-state index >= 15 is 0 Å². The Morgan fingerprint density at radius 1 is 0.839 bits per heavy atom. The maximum absolute atomic E-state index is 6.41. The summed E-state index contributed by atoms with van der Waals surface area (Å²) in [5.41, 5.74) is 6.55. The van der Waals surface area contributed by atoms with Crippen LogP contribution in [-0.2, 0) is 25.9 Å². The van der Waals surface area contributed by atoms with Crippen LogP contribution in [0.3, 0.4) is 0 Å². The van der Waals surface area contributed by atoms with Crippen LogP contribution in [0, 0.1) is 0 Å². The summed E-state index contributed by atoms with van der Waals surface area (Å²) in [6.07, 6.45) is 5.63. The molecule has 0 bridgehead atoms. The van der Waals surface area contributed by atoms with Crippen molar-refractivity contribution in [1.29, 1.82) is 0 Å². The van der Waals surface area contributed by atoms with Gasteiger partial charge in [-0.25, -0.2) is 0 Å². The second kappa shape index (κ2) is 7.59. The molecule has 154 valence electrons. The summed E-state index contributed by atoms with van der Waals surface area (Å²) < 4.78 is 2.19. The smallest absolute Gasteiger partial charge is 0.167 e. The minimum Gasteiger partial charge on any atom is -0.309 e. The lowest BCUT2D eigenvalue weighted by Crippen LogP contribution is -2.37. The molecule has 0 saturated carbocycles. The summed E-state index contributed by atoms with van der Waals surface area (Å²) in [4.78, 5) is 6.77. The Balaban J connectivity index is 1.41. The molecule has 2 aromatic heterocycles. The van der Waals surface area contributed by atoms with Crippen molar-refractivity contribution in [3.63, 3.8) is 0 Å². The molecule has 4 aromatic rings. The van der Waals surface area contributed by atoms with Crippen LogP contribution in [-0.4, -0.2) is 31.2 Å². The van der Waals surface area contributed by atoms with E-state index in [4.69, 9.17) is 11.6 Å². The molecule has 0 saturated heterocycles. The number of rotatable bonds is 2. The second-order valence-corrected chi connectivity index (χ2v) is 8.62. The summed E-state index contributed by atoms with van der Waals surface area (Å²) in [6.45, 7) is 2.49. The molecule has 1 aliphatic heterocycles. The van der Waals surface area contributed by atoms with E-state index in [-0.39, 0.29) is 6.04 Å². The Hall–Kier alpha value is -3.02. The molecule has 0 atom stereocenters. The average molecular weight is 428 g/mol. The first-order valence-electron chi connectivity index (χ1n) is 10.7. The Kier molecular flexibility index (Phi) is 4.59. The fourth-order valence-corrected chi connectivity index (χ4v) is 5.22. The zero-order valence-electron chi connectivity index (χ0n) is 17.1. The molecule has 0 N–H and O–H groups in total. The highest BCUT2D eigenvalue weighted by Gasteiger charge is 2.32. The first-order chi connectivity index (χ1) is 15.3. The van der Waals surface area contributed by atoms with E-state index in [2.05, 4.69) is 73.2 Å². The van der Waals surface area contributed by atoms with Crippen LogP contribution in [0.4, 0.5) is 0 Å². The number of fused-ring (bicyclic) bond motifs is 3. The molecule has 5 nitrogen and oxygen atoms in total. The van der Waals surface area contributed by atoms with E-state index in [0.29, 0.717) is 5.02 Å². The molecule has 1 aliphatic carbocycles. The van der Waals surface area contributed by atoms with Gasteiger partial charge in [0.2, 0.25) is 0 Å². The third kappa shape index (κ3) is 3.16. The van der Waals surface area contributed by atoms with Gasteiger partial charge in [-0.3, -0.25) is 9.88 Å². The van der Waals surface area contributed by atoms with Gasteiger partial charge in [-0.1, -0.05) is 60.1 Å². The zero-order valence-corrected chi connectivity index (χ0v) is 17.8. The van der Waals surface area contributed by atoms with E-state index in [1.54, 1.807) is 18.5 Å². The lowest BCUT2D eigenvalue weighted by molar-refractivity contribution is 0.176. The van der Waals surface area contributed by atoms with Crippen molar-refractivity contribution in [2.24, 2.45) is 0 Å². The largest absolute Gasteiger partial charge is 0.309 e. The predicted molar refractivity (Wildman–Crippen MR) is 121 cm³/mol.